The summed E-state index contributed by atoms with van der Waals surface area (Å²) >= 11 is 1.81. The molecule has 0 aliphatic carbocycles. The molecule has 3 nitrogen and oxygen atoms in total. The molecular weight excluding hydrogens is 278 g/mol. The van der Waals surface area contributed by atoms with E-state index in [4.69, 9.17) is 0 Å². The number of nitrogens with one attached hydrogen (secondary N) is 2. The van der Waals surface area contributed by atoms with Gasteiger partial charge in [-0.15, -0.1) is 11.3 Å². The molecule has 0 saturated carbocycles. The molecule has 0 amide bonds. The summed E-state index contributed by atoms with van der Waals surface area (Å²) in [6, 6.07) is 9.52. The average Bonchev–Trinajstić information content (AvgIpc) is 2.69. The number of nitrogens with zero attached hydrogens (tertiary/aromatic N) is 1. The number of thiazole rings is 1. The monoisotopic (exact) mass is 301 g/mol. The zero-order valence-electron chi connectivity index (χ0n) is 12.9. The Kier molecular flexibility index (Phi) is 4.38. The van der Waals surface area contributed by atoms with Crippen LogP contribution < -0.4 is 10.6 Å². The van der Waals surface area contributed by atoms with Crippen molar-refractivity contribution in [3.63, 3.8) is 0 Å². The van der Waals surface area contributed by atoms with Crippen LogP contribution in [-0.4, -0.2) is 11.5 Å². The van der Waals surface area contributed by atoms with E-state index in [0.29, 0.717) is 12.1 Å². The topological polar surface area (TPSA) is 37.0 Å². The van der Waals surface area contributed by atoms with Gasteiger partial charge in [0.25, 0.3) is 0 Å². The molecule has 2 heterocycles. The normalized spacial score (nSPS) is 19.9. The zero-order chi connectivity index (χ0) is 14.8. The van der Waals surface area contributed by atoms with Crippen LogP contribution in [0.3, 0.4) is 0 Å². The van der Waals surface area contributed by atoms with Gasteiger partial charge in [-0.2, -0.15) is 0 Å². The molecular formula is C17H23N3S. The fraction of sp³-hybridized carbons (Fsp3) is 0.471. The maximum atomic E-state index is 4.55. The Balaban J connectivity index is 1.82. The van der Waals surface area contributed by atoms with E-state index in [-0.39, 0.29) is 0 Å². The Morgan fingerprint density at radius 2 is 2.14 bits per heavy atom. The maximum absolute atomic E-state index is 4.55. The van der Waals surface area contributed by atoms with Crippen LogP contribution in [0.15, 0.2) is 24.3 Å². The Hall–Kier alpha value is -1.23. The van der Waals surface area contributed by atoms with E-state index in [1.807, 2.05) is 11.3 Å². The van der Waals surface area contributed by atoms with Crippen molar-refractivity contribution in [1.29, 1.82) is 0 Å². The van der Waals surface area contributed by atoms with Gasteiger partial charge >= 0.3 is 0 Å². The first kappa shape index (κ1) is 14.7. The van der Waals surface area contributed by atoms with E-state index in [2.05, 4.69) is 60.7 Å². The standard InChI is InChI=1S/C17H23N3S/c1-11-17(21-13(3)19-11)12(2)20-16-8-9-18-10-14-6-4-5-7-15(14)16/h4-7,12,16,18,20H,8-10H2,1-3H3. The Bertz CT molecular complexity index is 620. The summed E-state index contributed by atoms with van der Waals surface area (Å²) in [4.78, 5) is 5.92. The van der Waals surface area contributed by atoms with Crippen LogP contribution in [0, 0.1) is 13.8 Å². The lowest BCUT2D eigenvalue weighted by atomic mass is 9.98. The average molecular weight is 301 g/mol. The van der Waals surface area contributed by atoms with E-state index >= 15 is 0 Å². The molecule has 2 N–H and O–H groups in total. The summed E-state index contributed by atoms with van der Waals surface area (Å²) in [5.41, 5.74) is 4.02. The number of aromatic nitrogens is 1. The molecule has 2 atom stereocenters. The highest BCUT2D eigenvalue weighted by Crippen LogP contribution is 2.30. The zero-order valence-corrected chi connectivity index (χ0v) is 13.8. The molecule has 3 rings (SSSR count). The van der Waals surface area contributed by atoms with Crippen molar-refractivity contribution in [2.75, 3.05) is 6.54 Å². The van der Waals surface area contributed by atoms with Crippen LogP contribution in [0.1, 0.15) is 52.1 Å². The predicted molar refractivity (Wildman–Crippen MR) is 88.6 cm³/mol. The number of rotatable bonds is 3. The molecule has 2 aromatic rings. The van der Waals surface area contributed by atoms with Gasteiger partial charge in [-0.25, -0.2) is 4.98 Å². The second-order valence-electron chi connectivity index (χ2n) is 5.79. The minimum atomic E-state index is 0.340. The van der Waals surface area contributed by atoms with Crippen LogP contribution >= 0.6 is 11.3 Å². The summed E-state index contributed by atoms with van der Waals surface area (Å²) in [6.07, 6.45) is 1.12. The first-order valence-corrected chi connectivity index (χ1v) is 8.45. The molecule has 1 aromatic heterocycles. The summed E-state index contributed by atoms with van der Waals surface area (Å²) in [5, 5.41) is 8.48. The van der Waals surface area contributed by atoms with Gasteiger partial charge in [0.1, 0.15) is 0 Å². The minimum Gasteiger partial charge on any atom is -0.313 e. The van der Waals surface area contributed by atoms with E-state index in [0.717, 1.165) is 30.2 Å². The highest BCUT2D eigenvalue weighted by atomic mass is 32.1. The molecule has 1 aromatic carbocycles. The Labute approximate surface area is 130 Å². The quantitative estimate of drug-likeness (QED) is 0.908. The Morgan fingerprint density at radius 1 is 1.33 bits per heavy atom. The van der Waals surface area contributed by atoms with Crippen molar-refractivity contribution in [2.45, 2.75) is 45.8 Å². The van der Waals surface area contributed by atoms with Gasteiger partial charge in [0.05, 0.1) is 10.7 Å². The third kappa shape index (κ3) is 3.18. The van der Waals surface area contributed by atoms with Crippen molar-refractivity contribution in [3.05, 3.63) is 51.0 Å². The van der Waals surface area contributed by atoms with Gasteiger partial charge in [0.2, 0.25) is 0 Å². The SMILES string of the molecule is Cc1nc(C)c(C(C)NC2CCNCc3ccccc32)s1. The van der Waals surface area contributed by atoms with Crippen LogP contribution in [0.25, 0.3) is 0 Å². The van der Waals surface area contributed by atoms with Gasteiger partial charge in [0.15, 0.2) is 0 Å². The van der Waals surface area contributed by atoms with Crippen molar-refractivity contribution in [3.8, 4) is 0 Å². The van der Waals surface area contributed by atoms with Crippen molar-refractivity contribution >= 4 is 11.3 Å². The molecule has 0 fully saturated rings. The largest absolute Gasteiger partial charge is 0.313 e. The van der Waals surface area contributed by atoms with E-state index in [1.54, 1.807) is 0 Å². The molecule has 0 bridgehead atoms. The molecule has 21 heavy (non-hydrogen) atoms. The molecule has 112 valence electrons. The molecule has 0 spiro atoms. The van der Waals surface area contributed by atoms with Gasteiger partial charge < -0.3 is 10.6 Å². The number of hydrogen-bond acceptors (Lipinski definition) is 4. The molecule has 0 radical (unpaired) electrons. The summed E-state index contributed by atoms with van der Waals surface area (Å²) in [6.45, 7) is 8.47. The lowest BCUT2D eigenvalue weighted by Crippen LogP contribution is -2.26. The van der Waals surface area contributed by atoms with E-state index < -0.39 is 0 Å². The number of hydrogen-bond donors (Lipinski definition) is 2. The minimum absolute atomic E-state index is 0.340. The first-order valence-electron chi connectivity index (χ1n) is 7.63. The second-order valence-corrected chi connectivity index (χ2v) is 7.02. The highest BCUT2D eigenvalue weighted by molar-refractivity contribution is 7.11. The van der Waals surface area contributed by atoms with Gasteiger partial charge in [-0.1, -0.05) is 24.3 Å². The van der Waals surface area contributed by atoms with Gasteiger partial charge in [-0.05, 0) is 44.9 Å². The number of fused-ring (bicyclic) bond motifs is 1. The fourth-order valence-electron chi connectivity index (χ4n) is 3.16. The fourth-order valence-corrected chi connectivity index (χ4v) is 4.10. The van der Waals surface area contributed by atoms with Crippen LogP contribution in [0.4, 0.5) is 0 Å². The van der Waals surface area contributed by atoms with Crippen LogP contribution in [0.5, 0.6) is 0 Å². The molecule has 0 saturated heterocycles. The number of aryl methyl sites for hydroxylation is 2. The molecule has 4 heteroatoms. The van der Waals surface area contributed by atoms with Crippen molar-refractivity contribution < 1.29 is 0 Å². The molecule has 1 aliphatic heterocycles. The summed E-state index contributed by atoms with van der Waals surface area (Å²) < 4.78 is 0. The summed E-state index contributed by atoms with van der Waals surface area (Å²) in [5.74, 6) is 0. The lowest BCUT2D eigenvalue weighted by Gasteiger charge is -2.23. The highest BCUT2D eigenvalue weighted by Gasteiger charge is 2.21. The lowest BCUT2D eigenvalue weighted by molar-refractivity contribution is 0.445. The van der Waals surface area contributed by atoms with Crippen LogP contribution in [0.2, 0.25) is 0 Å². The van der Waals surface area contributed by atoms with Gasteiger partial charge in [-0.3, -0.25) is 0 Å². The smallest absolute Gasteiger partial charge is 0.0900 e. The molecule has 2 unspecified atom stereocenters. The van der Waals surface area contributed by atoms with Crippen molar-refractivity contribution in [2.24, 2.45) is 0 Å². The third-order valence-corrected chi connectivity index (χ3v) is 5.40. The van der Waals surface area contributed by atoms with E-state index in [9.17, 15) is 0 Å². The van der Waals surface area contributed by atoms with Crippen molar-refractivity contribution in [1.82, 2.24) is 15.6 Å². The predicted octanol–water partition coefficient (Wildman–Crippen LogP) is 3.65. The number of benzene rings is 1. The Morgan fingerprint density at radius 3 is 2.90 bits per heavy atom. The maximum Gasteiger partial charge on any atom is 0.0900 e. The molecule has 1 aliphatic rings. The summed E-state index contributed by atoms with van der Waals surface area (Å²) in [7, 11) is 0. The van der Waals surface area contributed by atoms with Gasteiger partial charge in [0, 0.05) is 23.5 Å². The van der Waals surface area contributed by atoms with E-state index in [1.165, 1.54) is 16.0 Å². The third-order valence-electron chi connectivity index (χ3n) is 4.14. The second kappa shape index (κ2) is 6.26. The first-order chi connectivity index (χ1) is 10.1. The van der Waals surface area contributed by atoms with Crippen LogP contribution in [-0.2, 0) is 6.54 Å².